The third-order valence-electron chi connectivity index (χ3n) is 0.647. The Balaban J connectivity index is 3.48. The van der Waals surface area contributed by atoms with E-state index in [9.17, 15) is 4.79 Å². The lowest BCUT2D eigenvalue weighted by molar-refractivity contribution is 0.163. The van der Waals surface area contributed by atoms with Gasteiger partial charge in [0.1, 0.15) is 0 Å². The molecule has 0 radical (unpaired) electrons. The summed E-state index contributed by atoms with van der Waals surface area (Å²) in [6.45, 7) is 2.00. The number of amides is 1. The molecule has 0 aromatic rings. The summed E-state index contributed by atoms with van der Waals surface area (Å²) in [5.74, 6) is 0. The van der Waals surface area contributed by atoms with Crippen molar-refractivity contribution in [2.75, 3.05) is 6.61 Å². The van der Waals surface area contributed by atoms with Crippen LogP contribution in [0, 0.1) is 11.3 Å². The fourth-order valence-electron chi connectivity index (χ4n) is 0.322. The Morgan fingerprint density at radius 1 is 1.90 bits per heavy atom. The SMILES string of the molecule is CCOC(=O)N=CCC#N. The number of rotatable bonds is 2. The minimum absolute atomic E-state index is 0.138. The van der Waals surface area contributed by atoms with Gasteiger partial charge in [-0.2, -0.15) is 10.3 Å². The lowest BCUT2D eigenvalue weighted by atomic mass is 10.5. The van der Waals surface area contributed by atoms with Crippen LogP contribution >= 0.6 is 0 Å². The van der Waals surface area contributed by atoms with Gasteiger partial charge in [0.25, 0.3) is 0 Å². The molecule has 4 nitrogen and oxygen atoms in total. The van der Waals surface area contributed by atoms with Crippen LogP contribution in [0.3, 0.4) is 0 Å². The van der Waals surface area contributed by atoms with E-state index in [0.29, 0.717) is 6.61 Å². The second kappa shape index (κ2) is 5.76. The third-order valence-corrected chi connectivity index (χ3v) is 0.647. The Morgan fingerprint density at radius 3 is 3.10 bits per heavy atom. The molecule has 0 aromatic heterocycles. The number of carbonyl (C=O) groups excluding carboxylic acids is 1. The van der Waals surface area contributed by atoms with Crippen LogP contribution in [-0.4, -0.2) is 18.9 Å². The van der Waals surface area contributed by atoms with Crippen LogP contribution in [0.5, 0.6) is 0 Å². The maximum atomic E-state index is 10.4. The van der Waals surface area contributed by atoms with Crippen molar-refractivity contribution in [1.82, 2.24) is 0 Å². The van der Waals surface area contributed by atoms with Gasteiger partial charge in [0.15, 0.2) is 0 Å². The van der Waals surface area contributed by atoms with Crippen molar-refractivity contribution in [1.29, 1.82) is 5.26 Å². The summed E-state index contributed by atoms with van der Waals surface area (Å²) in [5, 5.41) is 8.02. The molecule has 0 heterocycles. The maximum Gasteiger partial charge on any atom is 0.433 e. The monoisotopic (exact) mass is 140 g/mol. The zero-order valence-corrected chi connectivity index (χ0v) is 5.70. The Kier molecular flexibility index (Phi) is 4.97. The van der Waals surface area contributed by atoms with E-state index in [0.717, 1.165) is 0 Å². The minimum Gasteiger partial charge on any atom is -0.448 e. The summed E-state index contributed by atoms with van der Waals surface area (Å²) in [6, 6.07) is 1.81. The Hall–Kier alpha value is -1.37. The molecule has 54 valence electrons. The molecule has 0 aliphatic heterocycles. The minimum atomic E-state index is -0.641. The van der Waals surface area contributed by atoms with Gasteiger partial charge in [-0.15, -0.1) is 0 Å². The standard InChI is InChI=1S/C6H8N2O2/c1-2-10-6(9)8-5-3-4-7/h5H,2-3H2,1H3. The van der Waals surface area contributed by atoms with Crippen molar-refractivity contribution in [2.24, 2.45) is 4.99 Å². The van der Waals surface area contributed by atoms with Crippen molar-refractivity contribution < 1.29 is 9.53 Å². The normalized spacial score (nSPS) is 9.20. The maximum absolute atomic E-state index is 10.4. The highest BCUT2D eigenvalue weighted by Crippen LogP contribution is 1.81. The lowest BCUT2D eigenvalue weighted by Gasteiger charge is -1.91. The second-order valence-corrected chi connectivity index (χ2v) is 1.37. The Labute approximate surface area is 59.1 Å². The Morgan fingerprint density at radius 2 is 2.60 bits per heavy atom. The van der Waals surface area contributed by atoms with E-state index in [-0.39, 0.29) is 6.42 Å². The average molecular weight is 140 g/mol. The van der Waals surface area contributed by atoms with E-state index in [1.807, 2.05) is 6.07 Å². The van der Waals surface area contributed by atoms with Crippen LogP contribution in [0.15, 0.2) is 4.99 Å². The molecule has 0 unspecified atom stereocenters. The van der Waals surface area contributed by atoms with Gasteiger partial charge in [-0.3, -0.25) is 0 Å². The molecule has 0 spiro atoms. The molecule has 0 saturated heterocycles. The number of carbonyl (C=O) groups is 1. The number of hydrogen-bond donors (Lipinski definition) is 0. The first kappa shape index (κ1) is 8.63. The van der Waals surface area contributed by atoms with Crippen LogP contribution in [0.4, 0.5) is 4.79 Å². The van der Waals surface area contributed by atoms with Crippen LogP contribution in [0.1, 0.15) is 13.3 Å². The van der Waals surface area contributed by atoms with Crippen molar-refractivity contribution >= 4 is 12.3 Å². The predicted octanol–water partition coefficient (Wildman–Crippen LogP) is 1.13. The van der Waals surface area contributed by atoms with Gasteiger partial charge >= 0.3 is 6.09 Å². The van der Waals surface area contributed by atoms with E-state index in [4.69, 9.17) is 5.26 Å². The van der Waals surface area contributed by atoms with Crippen LogP contribution in [0.25, 0.3) is 0 Å². The number of aliphatic imine (C=N–C) groups is 1. The first-order valence-corrected chi connectivity index (χ1v) is 2.87. The van der Waals surface area contributed by atoms with Crippen molar-refractivity contribution in [3.63, 3.8) is 0 Å². The van der Waals surface area contributed by atoms with Crippen LogP contribution in [-0.2, 0) is 4.74 Å². The van der Waals surface area contributed by atoms with Crippen molar-refractivity contribution in [3.05, 3.63) is 0 Å². The number of nitriles is 1. The number of hydrogen-bond acceptors (Lipinski definition) is 3. The molecule has 10 heavy (non-hydrogen) atoms. The molecular formula is C6H8N2O2. The summed E-state index contributed by atoms with van der Waals surface area (Å²) in [4.78, 5) is 13.7. The van der Waals surface area contributed by atoms with Gasteiger partial charge in [0.05, 0.1) is 19.1 Å². The fraction of sp³-hybridized carbons (Fsp3) is 0.500. The zero-order chi connectivity index (χ0) is 7.82. The van der Waals surface area contributed by atoms with Crippen LogP contribution in [0.2, 0.25) is 0 Å². The summed E-state index contributed by atoms with van der Waals surface area (Å²) >= 11 is 0. The molecule has 1 amide bonds. The molecule has 0 N–H and O–H groups in total. The Bertz CT molecular complexity index is 169. The van der Waals surface area contributed by atoms with Crippen molar-refractivity contribution in [2.45, 2.75) is 13.3 Å². The molecule has 0 aromatic carbocycles. The highest BCUT2D eigenvalue weighted by atomic mass is 16.5. The summed E-state index contributed by atoms with van der Waals surface area (Å²) in [7, 11) is 0. The molecule has 0 fully saturated rings. The molecule has 0 rings (SSSR count). The van der Waals surface area contributed by atoms with Gasteiger partial charge in [-0.25, -0.2) is 4.79 Å². The zero-order valence-electron chi connectivity index (χ0n) is 5.70. The molecule has 0 bridgehead atoms. The molecule has 0 atom stereocenters. The highest BCUT2D eigenvalue weighted by Gasteiger charge is 1.91. The van der Waals surface area contributed by atoms with Gasteiger partial charge < -0.3 is 4.74 Å². The molecule has 0 saturated carbocycles. The van der Waals surface area contributed by atoms with Crippen LogP contribution < -0.4 is 0 Å². The topological polar surface area (TPSA) is 62.4 Å². The van der Waals surface area contributed by atoms with E-state index < -0.39 is 6.09 Å². The van der Waals surface area contributed by atoms with Gasteiger partial charge in [-0.05, 0) is 6.92 Å². The van der Waals surface area contributed by atoms with E-state index >= 15 is 0 Å². The smallest absolute Gasteiger partial charge is 0.433 e. The van der Waals surface area contributed by atoms with E-state index in [1.165, 1.54) is 6.21 Å². The second-order valence-electron chi connectivity index (χ2n) is 1.37. The third kappa shape index (κ3) is 4.78. The lowest BCUT2D eigenvalue weighted by Crippen LogP contribution is -1.97. The fourth-order valence-corrected chi connectivity index (χ4v) is 0.322. The predicted molar refractivity (Wildman–Crippen MR) is 35.7 cm³/mol. The van der Waals surface area contributed by atoms with Crippen molar-refractivity contribution in [3.8, 4) is 6.07 Å². The molecule has 0 aliphatic rings. The van der Waals surface area contributed by atoms with Gasteiger partial charge in [0.2, 0.25) is 0 Å². The summed E-state index contributed by atoms with van der Waals surface area (Å²) < 4.78 is 4.44. The average Bonchev–Trinajstić information content (AvgIpc) is 1.89. The summed E-state index contributed by atoms with van der Waals surface area (Å²) in [5.41, 5.74) is 0. The number of nitrogens with zero attached hydrogens (tertiary/aromatic N) is 2. The largest absolute Gasteiger partial charge is 0.448 e. The van der Waals surface area contributed by atoms with E-state index in [2.05, 4.69) is 9.73 Å². The van der Waals surface area contributed by atoms with E-state index in [1.54, 1.807) is 6.92 Å². The first-order valence-electron chi connectivity index (χ1n) is 2.87. The molecule has 4 heteroatoms. The highest BCUT2D eigenvalue weighted by molar-refractivity contribution is 5.79. The quantitative estimate of drug-likeness (QED) is 0.540. The summed E-state index contributed by atoms with van der Waals surface area (Å²) in [6.07, 6.45) is 0.717. The van der Waals surface area contributed by atoms with Gasteiger partial charge in [-0.1, -0.05) is 0 Å². The molecular weight excluding hydrogens is 132 g/mol. The molecule has 0 aliphatic carbocycles. The van der Waals surface area contributed by atoms with Gasteiger partial charge in [0, 0.05) is 6.21 Å². The number of ether oxygens (including phenoxy) is 1. The first-order chi connectivity index (χ1) is 4.81.